The van der Waals surface area contributed by atoms with E-state index >= 15 is 0 Å². The number of carbonyl (C=O) groups is 1. The summed E-state index contributed by atoms with van der Waals surface area (Å²) in [6.07, 6.45) is 1.09. The third kappa shape index (κ3) is 3.37. The number of H-pyrrole nitrogens is 1. The summed E-state index contributed by atoms with van der Waals surface area (Å²) >= 11 is 5.84. The highest BCUT2D eigenvalue weighted by atomic mass is 35.5. The summed E-state index contributed by atoms with van der Waals surface area (Å²) in [7, 11) is 0. The molecule has 0 unspecified atom stereocenters. The van der Waals surface area contributed by atoms with Crippen molar-refractivity contribution in [1.82, 2.24) is 9.55 Å². The first-order valence-electron chi connectivity index (χ1n) is 8.34. The molecule has 0 atom stereocenters. The Morgan fingerprint density at radius 1 is 1.04 bits per heavy atom. The number of nitrogens with zero attached hydrogens (tertiary/aromatic N) is 1. The molecule has 1 amide bonds. The average molecular weight is 400 g/mol. The van der Waals surface area contributed by atoms with Gasteiger partial charge in [0.15, 0.2) is 11.5 Å². The van der Waals surface area contributed by atoms with Gasteiger partial charge in [0.05, 0.1) is 5.69 Å². The maximum absolute atomic E-state index is 12.7. The van der Waals surface area contributed by atoms with Gasteiger partial charge < -0.3 is 19.8 Å². The Hall–Kier alpha value is -3.52. The lowest BCUT2D eigenvalue weighted by Crippen LogP contribution is -2.38. The fourth-order valence-corrected chi connectivity index (χ4v) is 2.91. The van der Waals surface area contributed by atoms with Crippen molar-refractivity contribution >= 4 is 23.2 Å². The number of amides is 1. The Morgan fingerprint density at radius 3 is 2.50 bits per heavy atom. The largest absolute Gasteiger partial charge is 0.486 e. The van der Waals surface area contributed by atoms with Crippen LogP contribution in [-0.2, 0) is 0 Å². The molecule has 0 aliphatic carbocycles. The van der Waals surface area contributed by atoms with Gasteiger partial charge in [0, 0.05) is 23.0 Å². The highest BCUT2D eigenvalue weighted by Gasteiger charge is 2.18. The first-order valence-corrected chi connectivity index (χ1v) is 8.72. The molecule has 28 heavy (non-hydrogen) atoms. The molecule has 142 valence electrons. The van der Waals surface area contributed by atoms with Gasteiger partial charge in [0.25, 0.3) is 11.5 Å². The number of anilines is 1. The van der Waals surface area contributed by atoms with Crippen LogP contribution in [0.3, 0.4) is 0 Å². The van der Waals surface area contributed by atoms with Crippen LogP contribution >= 0.6 is 11.6 Å². The van der Waals surface area contributed by atoms with Crippen molar-refractivity contribution in [2.45, 2.75) is 0 Å². The molecular formula is C19H14ClN3O5. The van der Waals surface area contributed by atoms with Crippen LogP contribution in [0.5, 0.6) is 11.5 Å². The summed E-state index contributed by atoms with van der Waals surface area (Å²) in [5, 5.41) is 3.08. The first-order chi connectivity index (χ1) is 13.5. The molecule has 9 heteroatoms. The Kier molecular flexibility index (Phi) is 4.62. The minimum absolute atomic E-state index is 0.218. The third-order valence-corrected chi connectivity index (χ3v) is 4.36. The lowest BCUT2D eigenvalue weighted by Gasteiger charge is -2.19. The van der Waals surface area contributed by atoms with Gasteiger partial charge in [0.1, 0.15) is 18.8 Å². The second-order valence-electron chi connectivity index (χ2n) is 5.94. The van der Waals surface area contributed by atoms with Gasteiger partial charge in [-0.1, -0.05) is 11.6 Å². The molecule has 1 aliphatic heterocycles. The summed E-state index contributed by atoms with van der Waals surface area (Å²) < 4.78 is 11.8. The van der Waals surface area contributed by atoms with Gasteiger partial charge in [-0.3, -0.25) is 9.59 Å². The maximum atomic E-state index is 12.7. The maximum Gasteiger partial charge on any atom is 0.333 e. The number of halogens is 1. The Morgan fingerprint density at radius 2 is 1.75 bits per heavy atom. The minimum atomic E-state index is -0.749. The Balaban J connectivity index is 1.67. The zero-order valence-corrected chi connectivity index (χ0v) is 15.2. The van der Waals surface area contributed by atoms with Crippen molar-refractivity contribution in [2.24, 2.45) is 0 Å². The molecule has 2 aromatic carbocycles. The SMILES string of the molecule is O=C(Nc1ccc2c(c1)OCCO2)c1c[nH]c(=O)n(-c2ccc(Cl)cc2)c1=O. The fourth-order valence-electron chi connectivity index (χ4n) is 2.78. The molecule has 2 N–H and O–H groups in total. The zero-order valence-electron chi connectivity index (χ0n) is 14.4. The first kappa shape index (κ1) is 17.9. The van der Waals surface area contributed by atoms with Crippen molar-refractivity contribution < 1.29 is 14.3 Å². The zero-order chi connectivity index (χ0) is 19.7. The van der Waals surface area contributed by atoms with Crippen LogP contribution in [0, 0.1) is 0 Å². The van der Waals surface area contributed by atoms with Crippen LogP contribution in [-0.4, -0.2) is 28.7 Å². The molecule has 0 bridgehead atoms. The number of carbonyl (C=O) groups excluding carboxylic acids is 1. The molecule has 0 saturated heterocycles. The van der Waals surface area contributed by atoms with Gasteiger partial charge >= 0.3 is 5.69 Å². The van der Waals surface area contributed by atoms with Crippen molar-refractivity contribution in [3.8, 4) is 17.2 Å². The number of nitrogens with one attached hydrogen (secondary N) is 2. The molecule has 1 aliphatic rings. The van der Waals surface area contributed by atoms with Crippen LogP contribution in [0.4, 0.5) is 5.69 Å². The summed E-state index contributed by atoms with van der Waals surface area (Å²) in [5.41, 5.74) is -0.906. The molecule has 0 fully saturated rings. The molecule has 0 spiro atoms. The van der Waals surface area contributed by atoms with E-state index in [1.807, 2.05) is 0 Å². The molecule has 8 nitrogen and oxygen atoms in total. The van der Waals surface area contributed by atoms with E-state index in [0.717, 1.165) is 10.8 Å². The fraction of sp³-hybridized carbons (Fsp3) is 0.105. The van der Waals surface area contributed by atoms with E-state index in [1.54, 1.807) is 30.3 Å². The van der Waals surface area contributed by atoms with Crippen LogP contribution in [0.1, 0.15) is 10.4 Å². The van der Waals surface area contributed by atoms with E-state index in [1.165, 1.54) is 12.1 Å². The van der Waals surface area contributed by atoms with E-state index in [2.05, 4.69) is 10.3 Å². The molecule has 3 aromatic rings. The van der Waals surface area contributed by atoms with Gasteiger partial charge in [-0.05, 0) is 36.4 Å². The second-order valence-corrected chi connectivity index (χ2v) is 6.37. The monoisotopic (exact) mass is 399 g/mol. The van der Waals surface area contributed by atoms with E-state index in [4.69, 9.17) is 21.1 Å². The number of hydrogen-bond donors (Lipinski definition) is 2. The number of rotatable bonds is 3. The Bertz CT molecular complexity index is 1170. The normalized spacial score (nSPS) is 12.5. The lowest BCUT2D eigenvalue weighted by molar-refractivity contribution is 0.102. The van der Waals surface area contributed by atoms with E-state index < -0.39 is 17.2 Å². The number of aromatic nitrogens is 2. The third-order valence-electron chi connectivity index (χ3n) is 4.11. The van der Waals surface area contributed by atoms with Crippen molar-refractivity contribution in [2.75, 3.05) is 18.5 Å². The van der Waals surface area contributed by atoms with Crippen molar-refractivity contribution in [3.63, 3.8) is 0 Å². The molecule has 2 heterocycles. The number of hydrogen-bond acceptors (Lipinski definition) is 5. The smallest absolute Gasteiger partial charge is 0.333 e. The number of aromatic amines is 1. The predicted molar refractivity (Wildman–Crippen MR) is 103 cm³/mol. The van der Waals surface area contributed by atoms with Gasteiger partial charge in [-0.15, -0.1) is 0 Å². The minimum Gasteiger partial charge on any atom is -0.486 e. The van der Waals surface area contributed by atoms with Crippen LogP contribution in [0.2, 0.25) is 5.02 Å². The predicted octanol–water partition coefficient (Wildman–Crippen LogP) is 2.20. The van der Waals surface area contributed by atoms with E-state index in [-0.39, 0.29) is 5.56 Å². The quantitative estimate of drug-likeness (QED) is 0.703. The van der Waals surface area contributed by atoms with Gasteiger partial charge in [-0.25, -0.2) is 9.36 Å². The Labute approximate surface area is 163 Å². The summed E-state index contributed by atoms with van der Waals surface area (Å²) in [6, 6.07) is 11.0. The highest BCUT2D eigenvalue weighted by Crippen LogP contribution is 2.32. The summed E-state index contributed by atoms with van der Waals surface area (Å²) in [5.74, 6) is 0.420. The van der Waals surface area contributed by atoms with E-state index in [0.29, 0.717) is 41.1 Å². The van der Waals surface area contributed by atoms with Gasteiger partial charge in [0.2, 0.25) is 0 Å². The van der Waals surface area contributed by atoms with Crippen LogP contribution in [0.15, 0.2) is 58.3 Å². The van der Waals surface area contributed by atoms with Crippen LogP contribution < -0.4 is 26.0 Å². The number of benzene rings is 2. The molecule has 4 rings (SSSR count). The number of ether oxygens (including phenoxy) is 2. The van der Waals surface area contributed by atoms with Crippen LogP contribution in [0.25, 0.3) is 5.69 Å². The van der Waals surface area contributed by atoms with Crippen molar-refractivity contribution in [3.05, 3.63) is 80.1 Å². The molecule has 1 aromatic heterocycles. The van der Waals surface area contributed by atoms with Gasteiger partial charge in [-0.2, -0.15) is 0 Å². The summed E-state index contributed by atoms with van der Waals surface area (Å²) in [6.45, 7) is 0.871. The number of fused-ring (bicyclic) bond motifs is 1. The second kappa shape index (κ2) is 7.24. The van der Waals surface area contributed by atoms with E-state index in [9.17, 15) is 14.4 Å². The summed E-state index contributed by atoms with van der Waals surface area (Å²) in [4.78, 5) is 39.9. The molecule has 0 radical (unpaired) electrons. The average Bonchev–Trinajstić information content (AvgIpc) is 2.69. The standard InChI is InChI=1S/C19H14ClN3O5/c20-11-1-4-13(5-2-11)23-18(25)14(10-21-19(23)26)17(24)22-12-3-6-15-16(9-12)28-8-7-27-15/h1-6,9-10H,7-8H2,(H,21,26)(H,22,24). The molecule has 0 saturated carbocycles. The molecular weight excluding hydrogens is 386 g/mol. The topological polar surface area (TPSA) is 102 Å². The van der Waals surface area contributed by atoms with Crippen molar-refractivity contribution in [1.29, 1.82) is 0 Å². The highest BCUT2D eigenvalue weighted by molar-refractivity contribution is 6.30. The lowest BCUT2D eigenvalue weighted by atomic mass is 10.2.